The van der Waals surface area contributed by atoms with E-state index in [1.165, 1.54) is 0 Å². The zero-order chi connectivity index (χ0) is 16.7. The van der Waals surface area contributed by atoms with Gasteiger partial charge in [-0.05, 0) is 6.92 Å². The predicted molar refractivity (Wildman–Crippen MR) is 97.9 cm³/mol. The molecule has 0 amide bonds. The number of nitrogen functional groups attached to an aromatic ring is 1. The Kier molecular flexibility index (Phi) is 3.99. The quantitative estimate of drug-likeness (QED) is 0.677. The first kappa shape index (κ1) is 15.6. The number of nitrogens with two attached hydrogens (primary N) is 1. The Labute approximate surface area is 148 Å². The average molecular weight is 360 g/mol. The molecule has 1 aliphatic heterocycles. The van der Waals surface area contributed by atoms with Gasteiger partial charge in [0.2, 0.25) is 11.9 Å². The van der Waals surface area contributed by atoms with E-state index >= 15 is 0 Å². The summed E-state index contributed by atoms with van der Waals surface area (Å²) < 4.78 is 6.41. The molecule has 0 spiro atoms. The van der Waals surface area contributed by atoms with E-state index in [0.29, 0.717) is 19.2 Å². The Morgan fingerprint density at radius 3 is 2.62 bits per heavy atom. The lowest BCUT2D eigenvalue weighted by molar-refractivity contribution is 0.122. The summed E-state index contributed by atoms with van der Waals surface area (Å²) in [7, 11) is 0. The zero-order valence-corrected chi connectivity index (χ0v) is 14.8. The second-order valence-electron chi connectivity index (χ2n) is 5.49. The minimum absolute atomic E-state index is 0.245. The van der Waals surface area contributed by atoms with Crippen molar-refractivity contribution in [2.75, 3.05) is 36.9 Å². The summed E-state index contributed by atoms with van der Waals surface area (Å²) in [6.07, 6.45) is 3.39. The lowest BCUT2D eigenvalue weighted by Crippen LogP contribution is -2.37. The monoisotopic (exact) mass is 360 g/mol. The maximum absolute atomic E-state index is 5.61. The fourth-order valence-corrected chi connectivity index (χ4v) is 4.00. The number of fused-ring (bicyclic) bond motifs is 1. The molecule has 3 aromatic rings. The van der Waals surface area contributed by atoms with Crippen LogP contribution in [0.25, 0.3) is 21.5 Å². The first-order valence-corrected chi connectivity index (χ1v) is 8.80. The number of morpholine rings is 1. The highest BCUT2D eigenvalue weighted by molar-refractivity contribution is 7.80. The van der Waals surface area contributed by atoms with Gasteiger partial charge in [-0.25, -0.2) is 19.9 Å². The van der Waals surface area contributed by atoms with Crippen LogP contribution in [-0.4, -0.2) is 46.2 Å². The van der Waals surface area contributed by atoms with Crippen molar-refractivity contribution in [3.8, 4) is 11.3 Å². The fraction of sp³-hybridized carbons (Fsp3) is 0.333. The summed E-state index contributed by atoms with van der Waals surface area (Å²) in [4.78, 5) is 21.9. The second-order valence-corrected chi connectivity index (χ2v) is 7.16. The van der Waals surface area contributed by atoms with Gasteiger partial charge >= 0.3 is 0 Å². The van der Waals surface area contributed by atoms with Crippen LogP contribution in [-0.2, 0) is 4.74 Å². The summed E-state index contributed by atoms with van der Waals surface area (Å²) in [5.41, 5.74) is 8.11. The SMILES string of the molecule is Cc1sc2c(-c3cnc(N)nc3)nc(N3CCOCC3)nc2c1S. The lowest BCUT2D eigenvalue weighted by Gasteiger charge is -2.27. The maximum atomic E-state index is 5.61. The van der Waals surface area contributed by atoms with Crippen molar-refractivity contribution in [3.05, 3.63) is 17.3 Å². The van der Waals surface area contributed by atoms with Crippen LogP contribution in [0.1, 0.15) is 4.88 Å². The standard InChI is InChI=1S/C15H16N6OS2/c1-8-12(23)11-13(24-8)10(9-6-17-14(16)18-7-9)19-15(20-11)21-2-4-22-5-3-21/h6-7,23H,2-5H2,1H3,(H2,16,17,18). The molecular formula is C15H16N6OS2. The molecule has 3 aromatic heterocycles. The maximum Gasteiger partial charge on any atom is 0.226 e. The summed E-state index contributed by atoms with van der Waals surface area (Å²) >= 11 is 6.26. The summed E-state index contributed by atoms with van der Waals surface area (Å²) in [6.45, 7) is 4.94. The first-order valence-electron chi connectivity index (χ1n) is 7.54. The molecule has 0 unspecified atom stereocenters. The highest BCUT2D eigenvalue weighted by atomic mass is 32.1. The number of thiophene rings is 1. The van der Waals surface area contributed by atoms with E-state index in [1.807, 2.05) is 6.92 Å². The molecule has 0 radical (unpaired) electrons. The molecule has 0 aromatic carbocycles. The third-order valence-corrected chi connectivity index (χ3v) is 5.71. The second kappa shape index (κ2) is 6.15. The van der Waals surface area contributed by atoms with E-state index in [2.05, 4.69) is 27.5 Å². The Bertz CT molecular complexity index is 889. The molecule has 4 rings (SSSR count). The van der Waals surface area contributed by atoms with Gasteiger partial charge in [0.25, 0.3) is 0 Å². The summed E-state index contributed by atoms with van der Waals surface area (Å²) in [5.74, 6) is 0.931. The van der Waals surface area contributed by atoms with Crippen molar-refractivity contribution in [1.29, 1.82) is 0 Å². The van der Waals surface area contributed by atoms with Crippen LogP contribution in [0.2, 0.25) is 0 Å². The molecule has 124 valence electrons. The highest BCUT2D eigenvalue weighted by Crippen LogP contribution is 2.38. The van der Waals surface area contributed by atoms with Gasteiger partial charge in [-0.2, -0.15) is 0 Å². The molecular weight excluding hydrogens is 344 g/mol. The molecule has 4 heterocycles. The summed E-state index contributed by atoms with van der Waals surface area (Å²) in [5, 5.41) is 0. The van der Waals surface area contributed by atoms with E-state index in [4.69, 9.17) is 20.4 Å². The fourth-order valence-electron chi connectivity index (χ4n) is 2.62. The number of hydrogen-bond acceptors (Lipinski definition) is 9. The topological polar surface area (TPSA) is 90.0 Å². The van der Waals surface area contributed by atoms with Gasteiger partial charge in [0.1, 0.15) is 5.52 Å². The molecule has 0 atom stereocenters. The van der Waals surface area contributed by atoms with Crippen molar-refractivity contribution in [2.24, 2.45) is 0 Å². The minimum atomic E-state index is 0.245. The van der Waals surface area contributed by atoms with Crippen LogP contribution in [0.3, 0.4) is 0 Å². The predicted octanol–water partition coefficient (Wildman–Crippen LogP) is 2.16. The Balaban J connectivity index is 1.92. The largest absolute Gasteiger partial charge is 0.378 e. The number of hydrogen-bond donors (Lipinski definition) is 2. The molecule has 2 N–H and O–H groups in total. The first-order chi connectivity index (χ1) is 11.6. The van der Waals surface area contributed by atoms with E-state index in [1.54, 1.807) is 23.7 Å². The van der Waals surface area contributed by atoms with Gasteiger partial charge in [-0.1, -0.05) is 0 Å². The van der Waals surface area contributed by atoms with Crippen molar-refractivity contribution >= 4 is 46.1 Å². The molecule has 1 saturated heterocycles. The molecule has 9 heteroatoms. The minimum Gasteiger partial charge on any atom is -0.378 e. The summed E-state index contributed by atoms with van der Waals surface area (Å²) in [6, 6.07) is 0. The number of ether oxygens (including phenoxy) is 1. The van der Waals surface area contributed by atoms with Gasteiger partial charge in [-0.15, -0.1) is 24.0 Å². The number of anilines is 2. The van der Waals surface area contributed by atoms with Gasteiger partial charge in [0.05, 0.1) is 23.6 Å². The van der Waals surface area contributed by atoms with Crippen LogP contribution in [0, 0.1) is 6.92 Å². The number of aryl methyl sites for hydroxylation is 1. The Hall–Kier alpha value is -1.97. The van der Waals surface area contributed by atoms with Crippen LogP contribution >= 0.6 is 24.0 Å². The molecule has 1 aliphatic rings. The highest BCUT2D eigenvalue weighted by Gasteiger charge is 2.20. The van der Waals surface area contributed by atoms with Crippen molar-refractivity contribution in [1.82, 2.24) is 19.9 Å². The van der Waals surface area contributed by atoms with Gasteiger partial charge in [0, 0.05) is 40.8 Å². The smallest absolute Gasteiger partial charge is 0.226 e. The van der Waals surface area contributed by atoms with Gasteiger partial charge in [0.15, 0.2) is 0 Å². The van der Waals surface area contributed by atoms with Crippen molar-refractivity contribution in [3.63, 3.8) is 0 Å². The number of rotatable bonds is 2. The van der Waals surface area contributed by atoms with Crippen LogP contribution in [0.4, 0.5) is 11.9 Å². The van der Waals surface area contributed by atoms with Gasteiger partial charge < -0.3 is 15.4 Å². The molecule has 1 fully saturated rings. The third-order valence-electron chi connectivity index (χ3n) is 3.91. The van der Waals surface area contributed by atoms with Gasteiger partial charge in [-0.3, -0.25) is 0 Å². The zero-order valence-electron chi connectivity index (χ0n) is 13.1. The van der Waals surface area contributed by atoms with Crippen molar-refractivity contribution < 1.29 is 4.74 Å². The molecule has 0 saturated carbocycles. The normalized spacial score (nSPS) is 15.2. The number of aromatic nitrogens is 4. The van der Waals surface area contributed by atoms with Crippen molar-refractivity contribution in [2.45, 2.75) is 11.8 Å². The lowest BCUT2D eigenvalue weighted by atomic mass is 10.2. The Morgan fingerprint density at radius 2 is 1.92 bits per heavy atom. The molecule has 7 nitrogen and oxygen atoms in total. The number of thiol groups is 1. The van der Waals surface area contributed by atoms with E-state index in [0.717, 1.165) is 44.3 Å². The molecule has 0 aliphatic carbocycles. The average Bonchev–Trinajstić information content (AvgIpc) is 2.90. The Morgan fingerprint density at radius 1 is 1.21 bits per heavy atom. The van der Waals surface area contributed by atoms with E-state index in [-0.39, 0.29) is 5.95 Å². The number of nitrogens with zero attached hydrogens (tertiary/aromatic N) is 5. The van der Waals surface area contributed by atoms with Crippen LogP contribution in [0.15, 0.2) is 17.3 Å². The molecule has 24 heavy (non-hydrogen) atoms. The van der Waals surface area contributed by atoms with E-state index in [9.17, 15) is 0 Å². The third kappa shape index (κ3) is 2.68. The molecule has 0 bridgehead atoms. The van der Waals surface area contributed by atoms with E-state index < -0.39 is 0 Å². The van der Waals surface area contributed by atoms with Crippen LogP contribution < -0.4 is 10.6 Å². The van der Waals surface area contributed by atoms with Crippen LogP contribution in [0.5, 0.6) is 0 Å².